The quantitative estimate of drug-likeness (QED) is 0.135. The second-order valence-electron chi connectivity index (χ2n) is 22.2. The summed E-state index contributed by atoms with van der Waals surface area (Å²) < 4.78 is 36.1. The van der Waals surface area contributed by atoms with Crippen molar-refractivity contribution in [2.45, 2.75) is 38.5 Å². The Labute approximate surface area is 467 Å². The number of halogens is 2. The normalized spacial score (nSPS) is 13.3. The summed E-state index contributed by atoms with van der Waals surface area (Å²) in [5, 5.41) is 1.72. The van der Waals surface area contributed by atoms with Gasteiger partial charge in [-0.3, -0.25) is 0 Å². The lowest BCUT2D eigenvalue weighted by Gasteiger charge is -2.29. The number of hydrogen-bond acceptors (Lipinski definition) is 2. The highest BCUT2D eigenvalue weighted by Gasteiger charge is 2.44. The van der Waals surface area contributed by atoms with Crippen molar-refractivity contribution in [1.82, 2.24) is 0 Å². The van der Waals surface area contributed by atoms with Gasteiger partial charge in [0.2, 0.25) is 0 Å². The van der Waals surface area contributed by atoms with E-state index in [1.165, 1.54) is 0 Å². The van der Waals surface area contributed by atoms with E-state index in [1.807, 2.05) is 84.9 Å². The zero-order valence-electron chi connectivity index (χ0n) is 45.1. The van der Waals surface area contributed by atoms with Gasteiger partial charge in [0.05, 0.1) is 0 Å². The fourth-order valence-electron chi connectivity index (χ4n) is 13.2. The Kier molecular flexibility index (Phi) is 11.6. The smallest absolute Gasteiger partial charge is 0.131 e. The highest BCUT2D eigenvalue weighted by atomic mass is 19.1. The van der Waals surface area contributed by atoms with Crippen molar-refractivity contribution in [2.75, 3.05) is 9.80 Å². The molecule has 0 fully saturated rings. The average molecular weight is 1040 g/mol. The first-order valence-electron chi connectivity index (χ1n) is 27.6. The summed E-state index contributed by atoms with van der Waals surface area (Å²) in [5.74, 6) is -0.648. The number of nitrogens with zero attached hydrogens (tertiary/aromatic N) is 2. The molecule has 2 aliphatic rings. The molecule has 0 aliphatic heterocycles. The van der Waals surface area contributed by atoms with E-state index in [1.54, 1.807) is 12.1 Å². The van der Waals surface area contributed by atoms with Crippen molar-refractivity contribution < 1.29 is 8.78 Å². The molecule has 12 aromatic rings. The SMILES string of the molecule is CC1(C)c2cc(N(c3ccccc3)c3ccccc3)ccc2-c2c1cc1c(-c3c(F)cccc3-c3ccccc3)c3c(cc1c2-c1c(F)cccc1-c1ccccc1)C(C)(C)c1cc(N(c2ccccc2)c2ccccc2)ccc1-3. The summed E-state index contributed by atoms with van der Waals surface area (Å²) in [6.07, 6.45) is 0. The first-order chi connectivity index (χ1) is 39.1. The van der Waals surface area contributed by atoms with Crippen molar-refractivity contribution >= 4 is 44.9 Å². The van der Waals surface area contributed by atoms with Crippen molar-refractivity contribution in [2.24, 2.45) is 0 Å². The highest BCUT2D eigenvalue weighted by molar-refractivity contribution is 6.19. The molecule has 384 valence electrons. The molecular formula is C76H56F2N2. The molecule has 4 heteroatoms. The first kappa shape index (κ1) is 48.7. The lowest BCUT2D eigenvalue weighted by molar-refractivity contribution is 0.631. The van der Waals surface area contributed by atoms with E-state index in [0.717, 1.165) is 123 Å². The molecule has 0 atom stereocenters. The van der Waals surface area contributed by atoms with E-state index >= 15 is 8.78 Å². The lowest BCUT2D eigenvalue weighted by atomic mass is 9.75. The van der Waals surface area contributed by atoms with E-state index in [4.69, 9.17) is 0 Å². The predicted molar refractivity (Wildman–Crippen MR) is 330 cm³/mol. The number of rotatable bonds is 10. The van der Waals surface area contributed by atoms with Crippen molar-refractivity contribution in [3.05, 3.63) is 301 Å². The topological polar surface area (TPSA) is 6.48 Å². The van der Waals surface area contributed by atoms with Crippen LogP contribution in [-0.4, -0.2) is 0 Å². The van der Waals surface area contributed by atoms with Crippen LogP contribution < -0.4 is 9.80 Å². The van der Waals surface area contributed by atoms with E-state index in [2.05, 4.69) is 207 Å². The third-order valence-electron chi connectivity index (χ3n) is 17.0. The van der Waals surface area contributed by atoms with E-state index in [9.17, 15) is 0 Å². The van der Waals surface area contributed by atoms with E-state index < -0.39 is 10.8 Å². The summed E-state index contributed by atoms with van der Waals surface area (Å²) in [5.41, 5.74) is 19.4. The third-order valence-corrected chi connectivity index (χ3v) is 17.0. The van der Waals surface area contributed by atoms with Gasteiger partial charge in [-0.05, 0) is 175 Å². The number of para-hydroxylation sites is 4. The van der Waals surface area contributed by atoms with Gasteiger partial charge in [-0.1, -0.05) is 198 Å². The molecule has 0 spiro atoms. The van der Waals surface area contributed by atoms with Crippen LogP contribution in [0.5, 0.6) is 0 Å². The van der Waals surface area contributed by atoms with Gasteiger partial charge in [-0.25, -0.2) is 8.78 Å². The Bertz CT molecular complexity index is 3980. The molecule has 14 rings (SSSR count). The summed E-state index contributed by atoms with van der Waals surface area (Å²) in [4.78, 5) is 4.61. The minimum absolute atomic E-state index is 0.324. The molecule has 2 aliphatic carbocycles. The van der Waals surface area contributed by atoms with Gasteiger partial charge >= 0.3 is 0 Å². The standard InChI is InChI=1S/C76H56F2N2/c1-75(2)63-45-55(79(51-29-15-7-16-30-51)52-31-17-8-18-32-52)41-43-59(63)69-65(75)47-61-62(73(69)71-57(37-23-39-67(71)77)49-25-11-5-12-26-49)48-66-70(74(61)72-58(38-24-40-68(72)78)50-27-13-6-14-28-50)60-44-42-56(46-64(60)76(66,3)4)80(53-33-19-9-20-34-53)54-35-21-10-22-36-54/h5-48H,1-4H3. The predicted octanol–water partition coefficient (Wildman–Crippen LogP) is 21.3. The van der Waals surface area contributed by atoms with E-state index in [0.29, 0.717) is 11.1 Å². The minimum Gasteiger partial charge on any atom is -0.310 e. The largest absolute Gasteiger partial charge is 0.310 e. The van der Waals surface area contributed by atoms with Crippen LogP contribution in [0.25, 0.3) is 77.5 Å². The molecule has 0 bridgehead atoms. The summed E-state index contributed by atoms with van der Waals surface area (Å²) in [6, 6.07) is 91.4. The van der Waals surface area contributed by atoms with Gasteiger partial charge in [-0.15, -0.1) is 0 Å². The van der Waals surface area contributed by atoms with Gasteiger partial charge < -0.3 is 9.80 Å². The molecule has 12 aromatic carbocycles. The fraction of sp³-hybridized carbons (Fsp3) is 0.0789. The van der Waals surface area contributed by atoms with Crippen molar-refractivity contribution in [1.29, 1.82) is 0 Å². The molecule has 80 heavy (non-hydrogen) atoms. The second-order valence-corrected chi connectivity index (χ2v) is 22.2. The molecule has 0 radical (unpaired) electrons. The molecule has 2 nitrogen and oxygen atoms in total. The third kappa shape index (κ3) is 7.73. The zero-order valence-corrected chi connectivity index (χ0v) is 45.1. The Morgan fingerprint density at radius 1 is 0.250 bits per heavy atom. The Balaban J connectivity index is 1.12. The maximum absolute atomic E-state index is 18.1. The van der Waals surface area contributed by atoms with Crippen LogP contribution >= 0.6 is 0 Å². The second kappa shape index (κ2) is 19.1. The molecule has 0 saturated carbocycles. The van der Waals surface area contributed by atoms with Gasteiger partial charge in [0, 0.05) is 67.2 Å². The Hall–Kier alpha value is -9.64. The fourth-order valence-corrected chi connectivity index (χ4v) is 13.2. The van der Waals surface area contributed by atoms with Crippen LogP contribution in [0.2, 0.25) is 0 Å². The Morgan fingerprint density at radius 3 is 0.887 bits per heavy atom. The number of benzene rings is 12. The summed E-state index contributed by atoms with van der Waals surface area (Å²) in [7, 11) is 0. The number of anilines is 6. The highest BCUT2D eigenvalue weighted by Crippen LogP contribution is 2.62. The molecule has 0 unspecified atom stereocenters. The molecule has 0 heterocycles. The van der Waals surface area contributed by atoms with E-state index in [-0.39, 0.29) is 11.6 Å². The molecule has 0 amide bonds. The summed E-state index contributed by atoms with van der Waals surface area (Å²) >= 11 is 0. The average Bonchev–Trinajstić information content (AvgIpc) is 4.04. The van der Waals surface area contributed by atoms with Crippen LogP contribution in [0.3, 0.4) is 0 Å². The van der Waals surface area contributed by atoms with Gasteiger partial charge in [-0.2, -0.15) is 0 Å². The van der Waals surface area contributed by atoms with Crippen LogP contribution in [0.15, 0.2) is 267 Å². The molecule has 0 aromatic heterocycles. The van der Waals surface area contributed by atoms with Gasteiger partial charge in [0.1, 0.15) is 11.6 Å². The maximum atomic E-state index is 18.1. The van der Waals surface area contributed by atoms with Crippen LogP contribution in [0.4, 0.5) is 42.9 Å². The lowest BCUT2D eigenvalue weighted by Crippen LogP contribution is -2.17. The monoisotopic (exact) mass is 1030 g/mol. The number of hydrogen-bond donors (Lipinski definition) is 0. The minimum atomic E-state index is -0.612. The van der Waals surface area contributed by atoms with Gasteiger partial charge in [0.25, 0.3) is 0 Å². The molecular weight excluding hydrogens is 979 g/mol. The van der Waals surface area contributed by atoms with Crippen molar-refractivity contribution in [3.8, 4) is 66.8 Å². The van der Waals surface area contributed by atoms with Gasteiger partial charge in [0.15, 0.2) is 0 Å². The number of fused-ring (bicyclic) bond motifs is 7. The molecule has 0 N–H and O–H groups in total. The Morgan fingerprint density at radius 2 is 0.562 bits per heavy atom. The maximum Gasteiger partial charge on any atom is 0.131 e. The summed E-state index contributed by atoms with van der Waals surface area (Å²) in [6.45, 7) is 9.18. The zero-order chi connectivity index (χ0) is 54.3. The van der Waals surface area contributed by atoms with Crippen LogP contribution in [0.1, 0.15) is 49.9 Å². The first-order valence-corrected chi connectivity index (χ1v) is 27.6. The molecule has 0 saturated heterocycles. The van der Waals surface area contributed by atoms with Crippen LogP contribution in [0, 0.1) is 11.6 Å². The van der Waals surface area contributed by atoms with Crippen molar-refractivity contribution in [3.63, 3.8) is 0 Å². The van der Waals surface area contributed by atoms with Crippen LogP contribution in [-0.2, 0) is 10.8 Å².